The molecule has 1 aromatic rings. The summed E-state index contributed by atoms with van der Waals surface area (Å²) < 4.78 is 0. The van der Waals surface area contributed by atoms with Crippen LogP contribution in [0.1, 0.15) is 42.0 Å². The summed E-state index contributed by atoms with van der Waals surface area (Å²) >= 11 is 0. The van der Waals surface area contributed by atoms with Crippen LogP contribution in [0.3, 0.4) is 0 Å². The number of aliphatic hydroxyl groups is 2. The first kappa shape index (κ1) is 12.0. The number of aliphatic hydroxyl groups excluding tert-OH is 2. The molecule has 0 aliphatic rings. The molecule has 15 heavy (non-hydrogen) atoms. The number of hydrogen-bond acceptors (Lipinski definition) is 3. The van der Waals surface area contributed by atoms with E-state index in [9.17, 15) is 5.11 Å². The van der Waals surface area contributed by atoms with Crippen molar-refractivity contribution in [2.45, 2.75) is 39.9 Å². The minimum atomic E-state index is -0.0403. The van der Waals surface area contributed by atoms with Gasteiger partial charge in [-0.1, -0.05) is 13.8 Å². The standard InChI is InChI=1S/C12H19NO2/c1-7(2)12-10(6-15)8(3)9(5-14)4-11(12)13/h4,7,14-15H,5-6,13H2,1-3H3. The molecule has 84 valence electrons. The van der Waals surface area contributed by atoms with Crippen LogP contribution in [0.4, 0.5) is 5.69 Å². The molecule has 0 fully saturated rings. The second kappa shape index (κ2) is 4.64. The zero-order valence-electron chi connectivity index (χ0n) is 9.54. The van der Waals surface area contributed by atoms with Crippen LogP contribution < -0.4 is 5.73 Å². The Labute approximate surface area is 90.5 Å². The van der Waals surface area contributed by atoms with Crippen LogP contribution in [0, 0.1) is 6.92 Å². The van der Waals surface area contributed by atoms with Crippen molar-refractivity contribution in [3.63, 3.8) is 0 Å². The molecule has 0 aromatic heterocycles. The van der Waals surface area contributed by atoms with Crippen molar-refractivity contribution in [3.8, 4) is 0 Å². The fourth-order valence-electron chi connectivity index (χ4n) is 1.99. The molecule has 0 amide bonds. The molecule has 0 saturated heterocycles. The van der Waals surface area contributed by atoms with Crippen LogP contribution in [0.2, 0.25) is 0 Å². The fourth-order valence-corrected chi connectivity index (χ4v) is 1.99. The van der Waals surface area contributed by atoms with Gasteiger partial charge in [0.05, 0.1) is 13.2 Å². The van der Waals surface area contributed by atoms with E-state index in [1.54, 1.807) is 6.07 Å². The number of nitrogen functional groups attached to an aromatic ring is 1. The maximum Gasteiger partial charge on any atom is 0.0688 e. The zero-order valence-corrected chi connectivity index (χ0v) is 9.54. The average Bonchev–Trinajstić information content (AvgIpc) is 2.19. The maximum atomic E-state index is 9.36. The van der Waals surface area contributed by atoms with Gasteiger partial charge < -0.3 is 15.9 Å². The summed E-state index contributed by atoms with van der Waals surface area (Å²) in [6.07, 6.45) is 0. The summed E-state index contributed by atoms with van der Waals surface area (Å²) in [5, 5.41) is 18.5. The third kappa shape index (κ3) is 2.13. The van der Waals surface area contributed by atoms with Gasteiger partial charge in [0, 0.05) is 5.69 Å². The minimum Gasteiger partial charge on any atom is -0.398 e. The predicted molar refractivity (Wildman–Crippen MR) is 61.5 cm³/mol. The maximum absolute atomic E-state index is 9.36. The number of rotatable bonds is 3. The van der Waals surface area contributed by atoms with Gasteiger partial charge in [-0.3, -0.25) is 0 Å². The summed E-state index contributed by atoms with van der Waals surface area (Å²) in [6, 6.07) is 1.80. The first-order valence-corrected chi connectivity index (χ1v) is 5.15. The van der Waals surface area contributed by atoms with E-state index in [-0.39, 0.29) is 19.1 Å². The molecule has 3 heteroatoms. The molecule has 3 nitrogen and oxygen atoms in total. The predicted octanol–water partition coefficient (Wildman–Crippen LogP) is 1.69. The molecule has 4 N–H and O–H groups in total. The fraction of sp³-hybridized carbons (Fsp3) is 0.500. The Hall–Kier alpha value is -1.06. The Morgan fingerprint density at radius 3 is 2.27 bits per heavy atom. The van der Waals surface area contributed by atoms with Gasteiger partial charge in [0.2, 0.25) is 0 Å². The first-order valence-electron chi connectivity index (χ1n) is 5.15. The Morgan fingerprint density at radius 2 is 1.87 bits per heavy atom. The minimum absolute atomic E-state index is 0.0304. The topological polar surface area (TPSA) is 66.5 Å². The van der Waals surface area contributed by atoms with Crippen LogP contribution in [0.15, 0.2) is 6.07 Å². The van der Waals surface area contributed by atoms with Gasteiger partial charge in [-0.15, -0.1) is 0 Å². The Balaban J connectivity index is 3.46. The molecule has 1 aromatic carbocycles. The van der Waals surface area contributed by atoms with Crippen LogP contribution in [0.25, 0.3) is 0 Å². The monoisotopic (exact) mass is 209 g/mol. The van der Waals surface area contributed by atoms with Crippen molar-refractivity contribution in [2.24, 2.45) is 0 Å². The van der Waals surface area contributed by atoms with Gasteiger partial charge in [-0.25, -0.2) is 0 Å². The largest absolute Gasteiger partial charge is 0.398 e. The molecule has 0 spiro atoms. The average molecular weight is 209 g/mol. The van der Waals surface area contributed by atoms with Crippen LogP contribution in [0.5, 0.6) is 0 Å². The van der Waals surface area contributed by atoms with Crippen molar-refractivity contribution in [1.82, 2.24) is 0 Å². The second-order valence-corrected chi connectivity index (χ2v) is 4.11. The van der Waals surface area contributed by atoms with Gasteiger partial charge in [0.15, 0.2) is 0 Å². The lowest BCUT2D eigenvalue weighted by molar-refractivity contribution is 0.273. The first-order chi connectivity index (χ1) is 7.02. The van der Waals surface area contributed by atoms with E-state index in [1.807, 2.05) is 20.8 Å². The molecule has 0 heterocycles. The van der Waals surface area contributed by atoms with E-state index in [0.717, 1.165) is 22.3 Å². The van der Waals surface area contributed by atoms with E-state index in [1.165, 1.54) is 0 Å². The Bertz CT molecular complexity index is 359. The Morgan fingerprint density at radius 1 is 1.27 bits per heavy atom. The quantitative estimate of drug-likeness (QED) is 0.664. The molecular weight excluding hydrogens is 190 g/mol. The van der Waals surface area contributed by atoms with E-state index >= 15 is 0 Å². The van der Waals surface area contributed by atoms with Gasteiger partial charge in [0.25, 0.3) is 0 Å². The molecule has 1 rings (SSSR count). The summed E-state index contributed by atoms with van der Waals surface area (Å²) in [5.74, 6) is 0.276. The zero-order chi connectivity index (χ0) is 11.6. The highest BCUT2D eigenvalue weighted by atomic mass is 16.3. The second-order valence-electron chi connectivity index (χ2n) is 4.11. The van der Waals surface area contributed by atoms with Crippen molar-refractivity contribution in [2.75, 3.05) is 5.73 Å². The SMILES string of the molecule is Cc1c(CO)cc(N)c(C(C)C)c1CO. The molecule has 0 radical (unpaired) electrons. The Kier molecular flexibility index (Phi) is 3.72. The molecule has 0 atom stereocenters. The summed E-state index contributed by atoms with van der Waals surface area (Å²) in [5.41, 5.74) is 10.2. The molecule has 0 aliphatic heterocycles. The summed E-state index contributed by atoms with van der Waals surface area (Å²) in [6.45, 7) is 5.92. The third-order valence-electron chi connectivity index (χ3n) is 2.81. The lowest BCUT2D eigenvalue weighted by atomic mass is 9.89. The van der Waals surface area contributed by atoms with Crippen LogP contribution in [-0.4, -0.2) is 10.2 Å². The molecule has 0 bridgehead atoms. The highest BCUT2D eigenvalue weighted by Gasteiger charge is 2.15. The van der Waals surface area contributed by atoms with Crippen molar-refractivity contribution in [3.05, 3.63) is 28.3 Å². The third-order valence-corrected chi connectivity index (χ3v) is 2.81. The molecule has 0 saturated carbocycles. The number of hydrogen-bond donors (Lipinski definition) is 3. The van der Waals surface area contributed by atoms with Crippen molar-refractivity contribution in [1.29, 1.82) is 0 Å². The smallest absolute Gasteiger partial charge is 0.0688 e. The van der Waals surface area contributed by atoms with Crippen LogP contribution in [-0.2, 0) is 13.2 Å². The normalized spacial score (nSPS) is 11.1. The molecule has 0 aliphatic carbocycles. The van der Waals surface area contributed by atoms with Crippen molar-refractivity contribution < 1.29 is 10.2 Å². The van der Waals surface area contributed by atoms with Crippen molar-refractivity contribution >= 4 is 5.69 Å². The van der Waals surface area contributed by atoms with Gasteiger partial charge in [-0.2, -0.15) is 0 Å². The van der Waals surface area contributed by atoms with E-state index in [2.05, 4.69) is 0 Å². The van der Waals surface area contributed by atoms with E-state index in [4.69, 9.17) is 10.8 Å². The van der Waals surface area contributed by atoms with Gasteiger partial charge in [-0.05, 0) is 41.2 Å². The number of nitrogens with two attached hydrogens (primary N) is 1. The van der Waals surface area contributed by atoms with E-state index < -0.39 is 0 Å². The highest BCUT2D eigenvalue weighted by molar-refractivity contribution is 5.58. The van der Waals surface area contributed by atoms with Gasteiger partial charge >= 0.3 is 0 Å². The number of anilines is 1. The lowest BCUT2D eigenvalue weighted by Gasteiger charge is -2.19. The summed E-state index contributed by atoms with van der Waals surface area (Å²) in [7, 11) is 0. The van der Waals surface area contributed by atoms with Crippen LogP contribution >= 0.6 is 0 Å². The lowest BCUT2D eigenvalue weighted by Crippen LogP contribution is -2.07. The highest BCUT2D eigenvalue weighted by Crippen LogP contribution is 2.30. The van der Waals surface area contributed by atoms with Gasteiger partial charge in [0.1, 0.15) is 0 Å². The van der Waals surface area contributed by atoms with E-state index in [0.29, 0.717) is 5.69 Å². The molecule has 0 unspecified atom stereocenters. The molecular formula is C12H19NO2. The summed E-state index contributed by atoms with van der Waals surface area (Å²) in [4.78, 5) is 0. The number of benzene rings is 1.